The monoisotopic (exact) mass is 340 g/mol. The quantitative estimate of drug-likeness (QED) is 0.785. The van der Waals surface area contributed by atoms with Gasteiger partial charge in [0.15, 0.2) is 5.78 Å². The fourth-order valence-corrected chi connectivity index (χ4v) is 2.42. The van der Waals surface area contributed by atoms with Crippen LogP contribution < -0.4 is 10.1 Å². The summed E-state index contributed by atoms with van der Waals surface area (Å²) in [6.07, 6.45) is 0. The smallest absolute Gasteiger partial charge is 0.241 e. The van der Waals surface area contributed by atoms with E-state index in [0.717, 1.165) is 11.3 Å². The van der Waals surface area contributed by atoms with Crippen molar-refractivity contribution >= 4 is 17.4 Å². The van der Waals surface area contributed by atoms with Crippen molar-refractivity contribution in [3.8, 4) is 5.75 Å². The van der Waals surface area contributed by atoms with Gasteiger partial charge in [-0.05, 0) is 50.7 Å². The van der Waals surface area contributed by atoms with Crippen molar-refractivity contribution in [1.82, 2.24) is 4.90 Å². The normalized spacial score (nSPS) is 11.9. The Morgan fingerprint density at radius 3 is 2.44 bits per heavy atom. The molecule has 1 atom stereocenters. The summed E-state index contributed by atoms with van der Waals surface area (Å²) in [7, 11) is 3.54. The van der Waals surface area contributed by atoms with Gasteiger partial charge >= 0.3 is 0 Å². The first-order chi connectivity index (χ1) is 11.9. The number of anilines is 1. The number of rotatable bonds is 7. The number of ether oxygens (including phenoxy) is 1. The minimum atomic E-state index is -0.317. The Balaban J connectivity index is 1.98. The van der Waals surface area contributed by atoms with E-state index >= 15 is 0 Å². The van der Waals surface area contributed by atoms with Gasteiger partial charge in [0.1, 0.15) is 5.75 Å². The number of hydrogen-bond acceptors (Lipinski definition) is 4. The zero-order valence-electron chi connectivity index (χ0n) is 15.1. The molecule has 0 aliphatic carbocycles. The van der Waals surface area contributed by atoms with Gasteiger partial charge in [0.2, 0.25) is 5.91 Å². The number of benzene rings is 2. The van der Waals surface area contributed by atoms with E-state index in [1.807, 2.05) is 43.1 Å². The summed E-state index contributed by atoms with van der Waals surface area (Å²) in [6.45, 7) is 4.01. The minimum Gasteiger partial charge on any atom is -0.497 e. The van der Waals surface area contributed by atoms with Crippen molar-refractivity contribution in [1.29, 1.82) is 0 Å². The number of Topliss-reactive ketones (excluding diaryl/α,β-unsaturated/α-hetero) is 1. The van der Waals surface area contributed by atoms with Gasteiger partial charge in [0.05, 0.1) is 13.2 Å². The molecule has 0 saturated carbocycles. The van der Waals surface area contributed by atoms with E-state index < -0.39 is 0 Å². The van der Waals surface area contributed by atoms with Crippen LogP contribution in [0.25, 0.3) is 0 Å². The Labute approximate surface area is 148 Å². The summed E-state index contributed by atoms with van der Waals surface area (Å²) in [6, 6.07) is 14.4. The highest BCUT2D eigenvalue weighted by Crippen LogP contribution is 2.15. The standard InChI is InChI=1S/C20H24N2O3/c1-14(22(3)13-16-8-10-19(25-4)11-9-16)20(24)21-18-7-5-6-17(12-18)15(2)23/h5-12,14H,13H2,1-4H3,(H,21,24)/t14-/m0/s1. The summed E-state index contributed by atoms with van der Waals surface area (Å²) in [5.41, 5.74) is 2.31. The van der Waals surface area contributed by atoms with Gasteiger partial charge < -0.3 is 10.1 Å². The highest BCUT2D eigenvalue weighted by Gasteiger charge is 2.18. The molecule has 0 fully saturated rings. The molecule has 2 rings (SSSR count). The van der Waals surface area contributed by atoms with Crippen molar-refractivity contribution in [3.63, 3.8) is 0 Å². The lowest BCUT2D eigenvalue weighted by molar-refractivity contribution is -0.120. The van der Waals surface area contributed by atoms with Crippen molar-refractivity contribution in [2.24, 2.45) is 0 Å². The van der Waals surface area contributed by atoms with Crippen molar-refractivity contribution < 1.29 is 14.3 Å². The molecule has 2 aromatic carbocycles. The molecule has 0 spiro atoms. The summed E-state index contributed by atoms with van der Waals surface area (Å²) < 4.78 is 5.15. The van der Waals surface area contributed by atoms with Crippen LogP contribution >= 0.6 is 0 Å². The van der Waals surface area contributed by atoms with E-state index in [1.54, 1.807) is 31.4 Å². The fraction of sp³-hybridized carbons (Fsp3) is 0.300. The van der Waals surface area contributed by atoms with Crippen LogP contribution in [0, 0.1) is 0 Å². The summed E-state index contributed by atoms with van der Waals surface area (Å²) >= 11 is 0. The molecular formula is C20H24N2O3. The first-order valence-corrected chi connectivity index (χ1v) is 8.15. The predicted molar refractivity (Wildman–Crippen MR) is 99.0 cm³/mol. The Morgan fingerprint density at radius 1 is 1.16 bits per heavy atom. The molecule has 1 N–H and O–H groups in total. The highest BCUT2D eigenvalue weighted by atomic mass is 16.5. The Kier molecular flexibility index (Phi) is 6.31. The largest absolute Gasteiger partial charge is 0.497 e. The predicted octanol–water partition coefficient (Wildman–Crippen LogP) is 3.36. The fourth-order valence-electron chi connectivity index (χ4n) is 2.42. The van der Waals surface area contributed by atoms with Crippen LogP contribution in [-0.2, 0) is 11.3 Å². The molecule has 0 aliphatic rings. The number of hydrogen-bond donors (Lipinski definition) is 1. The zero-order chi connectivity index (χ0) is 18.4. The summed E-state index contributed by atoms with van der Waals surface area (Å²) in [5, 5.41) is 2.87. The molecular weight excluding hydrogens is 316 g/mol. The molecule has 132 valence electrons. The lowest BCUT2D eigenvalue weighted by Crippen LogP contribution is -2.39. The molecule has 1 amide bonds. The van der Waals surface area contributed by atoms with Gasteiger partial charge in [-0.1, -0.05) is 24.3 Å². The van der Waals surface area contributed by atoms with E-state index in [2.05, 4.69) is 5.32 Å². The van der Waals surface area contributed by atoms with Crippen molar-refractivity contribution in [2.45, 2.75) is 26.4 Å². The number of carbonyl (C=O) groups is 2. The van der Waals surface area contributed by atoms with Crippen molar-refractivity contribution in [2.75, 3.05) is 19.5 Å². The van der Waals surface area contributed by atoms with Crippen LogP contribution in [-0.4, -0.2) is 36.8 Å². The van der Waals surface area contributed by atoms with Gasteiger partial charge in [-0.2, -0.15) is 0 Å². The highest BCUT2D eigenvalue weighted by molar-refractivity contribution is 5.98. The molecule has 0 saturated heterocycles. The first kappa shape index (κ1) is 18.7. The van der Waals surface area contributed by atoms with E-state index in [4.69, 9.17) is 4.74 Å². The van der Waals surface area contributed by atoms with Gasteiger partial charge in [0.25, 0.3) is 0 Å². The molecule has 0 bridgehead atoms. The average molecular weight is 340 g/mol. The molecule has 25 heavy (non-hydrogen) atoms. The molecule has 0 aliphatic heterocycles. The average Bonchev–Trinajstić information content (AvgIpc) is 2.61. The van der Waals surface area contributed by atoms with Gasteiger partial charge in [0, 0.05) is 17.8 Å². The van der Waals surface area contributed by atoms with Gasteiger partial charge in [-0.15, -0.1) is 0 Å². The minimum absolute atomic E-state index is 0.0271. The topological polar surface area (TPSA) is 58.6 Å². The molecule has 0 unspecified atom stereocenters. The second-order valence-electron chi connectivity index (χ2n) is 6.07. The summed E-state index contributed by atoms with van der Waals surface area (Å²) in [4.78, 5) is 25.9. The molecule has 0 aromatic heterocycles. The van der Waals surface area contributed by atoms with E-state index in [9.17, 15) is 9.59 Å². The number of nitrogens with zero attached hydrogens (tertiary/aromatic N) is 1. The van der Waals surface area contributed by atoms with Crippen LogP contribution in [0.5, 0.6) is 5.75 Å². The summed E-state index contributed by atoms with van der Waals surface area (Å²) in [5.74, 6) is 0.667. The third kappa shape index (κ3) is 5.16. The SMILES string of the molecule is COc1ccc(CN(C)[C@@H](C)C(=O)Nc2cccc(C(C)=O)c2)cc1. The third-order valence-electron chi connectivity index (χ3n) is 4.17. The van der Waals surface area contributed by atoms with Crippen LogP contribution in [0.1, 0.15) is 29.8 Å². The molecule has 0 radical (unpaired) electrons. The van der Waals surface area contributed by atoms with Crippen LogP contribution in [0.15, 0.2) is 48.5 Å². The van der Waals surface area contributed by atoms with Crippen molar-refractivity contribution in [3.05, 3.63) is 59.7 Å². The van der Waals surface area contributed by atoms with Crippen LogP contribution in [0.3, 0.4) is 0 Å². The van der Waals surface area contributed by atoms with E-state index in [-0.39, 0.29) is 17.7 Å². The van der Waals surface area contributed by atoms with Gasteiger partial charge in [-0.25, -0.2) is 0 Å². The number of nitrogens with one attached hydrogen (secondary N) is 1. The number of ketones is 1. The second kappa shape index (κ2) is 8.44. The molecule has 5 heteroatoms. The Hall–Kier alpha value is -2.66. The Bertz CT molecular complexity index is 741. The van der Waals surface area contributed by atoms with E-state index in [1.165, 1.54) is 6.92 Å². The number of methoxy groups -OCH3 is 1. The maximum atomic E-state index is 12.5. The number of amides is 1. The lowest BCUT2D eigenvalue weighted by atomic mass is 10.1. The van der Waals surface area contributed by atoms with E-state index in [0.29, 0.717) is 17.8 Å². The first-order valence-electron chi connectivity index (χ1n) is 8.15. The third-order valence-corrected chi connectivity index (χ3v) is 4.17. The van der Waals surface area contributed by atoms with Crippen LogP contribution in [0.2, 0.25) is 0 Å². The maximum absolute atomic E-state index is 12.5. The van der Waals surface area contributed by atoms with Crippen LogP contribution in [0.4, 0.5) is 5.69 Å². The Morgan fingerprint density at radius 2 is 1.84 bits per heavy atom. The maximum Gasteiger partial charge on any atom is 0.241 e. The molecule has 2 aromatic rings. The lowest BCUT2D eigenvalue weighted by Gasteiger charge is -2.24. The van der Waals surface area contributed by atoms with Gasteiger partial charge in [-0.3, -0.25) is 14.5 Å². The number of likely N-dealkylation sites (N-methyl/N-ethyl adjacent to an activating group) is 1. The molecule has 0 heterocycles. The number of carbonyl (C=O) groups excluding carboxylic acids is 2. The zero-order valence-corrected chi connectivity index (χ0v) is 15.1. The second-order valence-corrected chi connectivity index (χ2v) is 6.07. The molecule has 5 nitrogen and oxygen atoms in total.